The van der Waals surface area contributed by atoms with Crippen molar-refractivity contribution in [1.82, 2.24) is 20.0 Å². The molecule has 5 nitrogen and oxygen atoms in total. The van der Waals surface area contributed by atoms with E-state index in [2.05, 4.69) is 27.1 Å². The third kappa shape index (κ3) is 3.88. The van der Waals surface area contributed by atoms with Crippen LogP contribution in [-0.4, -0.2) is 80.1 Å². The van der Waals surface area contributed by atoms with Crippen LogP contribution in [0.1, 0.15) is 38.5 Å². The molecule has 0 atom stereocenters. The molecule has 4 rings (SSSR count). The quantitative estimate of drug-likeness (QED) is 0.834. The van der Waals surface area contributed by atoms with Crippen molar-refractivity contribution in [2.24, 2.45) is 17.3 Å². The van der Waals surface area contributed by atoms with E-state index in [4.69, 9.17) is 0 Å². The number of piperidine rings is 1. The number of hydrogen-bond donors (Lipinski definition) is 1. The van der Waals surface area contributed by atoms with Crippen LogP contribution in [0.15, 0.2) is 0 Å². The van der Waals surface area contributed by atoms with Gasteiger partial charge < -0.3 is 20.0 Å². The molecule has 5 heteroatoms. The van der Waals surface area contributed by atoms with Crippen LogP contribution >= 0.6 is 0 Å². The number of nitrogens with one attached hydrogen (secondary N) is 1. The fourth-order valence-electron chi connectivity index (χ4n) is 4.66. The molecule has 2 heterocycles. The van der Waals surface area contributed by atoms with Gasteiger partial charge in [-0.3, -0.25) is 0 Å². The van der Waals surface area contributed by atoms with Gasteiger partial charge in [-0.2, -0.15) is 0 Å². The van der Waals surface area contributed by atoms with E-state index in [1.165, 1.54) is 71.2 Å². The van der Waals surface area contributed by atoms with E-state index in [1.807, 2.05) is 0 Å². The van der Waals surface area contributed by atoms with Gasteiger partial charge in [0.1, 0.15) is 0 Å². The normalized spacial score (nSPS) is 28.8. The molecule has 2 amide bonds. The molecule has 136 valence electrons. The minimum Gasteiger partial charge on any atom is -0.337 e. The maximum Gasteiger partial charge on any atom is 0.317 e. The molecule has 0 aromatic carbocycles. The molecule has 2 saturated heterocycles. The Morgan fingerprint density at radius 2 is 1.67 bits per heavy atom. The molecule has 2 saturated carbocycles. The lowest BCUT2D eigenvalue weighted by molar-refractivity contribution is 0.110. The van der Waals surface area contributed by atoms with Crippen molar-refractivity contribution in [1.29, 1.82) is 0 Å². The fraction of sp³-hybridized carbons (Fsp3) is 0.947. The number of carbonyl (C=O) groups is 1. The molecule has 1 N–H and O–H groups in total. The van der Waals surface area contributed by atoms with Crippen molar-refractivity contribution < 1.29 is 4.79 Å². The standard InChI is InChI=1S/C19H34N4O/c1-21-10-12-22(13-11-21)14-16-4-8-23(9-5-16)18(24)20-15-19(6-7-19)17-2-3-17/h16-17H,2-15H2,1H3,(H,20,24). The fourth-order valence-corrected chi connectivity index (χ4v) is 4.66. The lowest BCUT2D eigenvalue weighted by Crippen LogP contribution is -2.49. The number of amides is 2. The van der Waals surface area contributed by atoms with Gasteiger partial charge in [0.05, 0.1) is 0 Å². The number of likely N-dealkylation sites (N-methyl/N-ethyl adjacent to an activating group) is 1. The lowest BCUT2D eigenvalue weighted by atomic mass is 9.96. The summed E-state index contributed by atoms with van der Waals surface area (Å²) in [4.78, 5) is 19.5. The SMILES string of the molecule is CN1CCN(CC2CCN(C(=O)NCC3(C4CC4)CC3)CC2)CC1. The predicted octanol–water partition coefficient (Wildman–Crippen LogP) is 1.85. The highest BCUT2D eigenvalue weighted by atomic mass is 16.2. The first-order valence-corrected chi connectivity index (χ1v) is 10.1. The number of urea groups is 1. The van der Waals surface area contributed by atoms with Crippen molar-refractivity contribution in [3.63, 3.8) is 0 Å². The van der Waals surface area contributed by atoms with Crippen LogP contribution in [0.25, 0.3) is 0 Å². The Kier molecular flexibility index (Phi) is 4.74. The first-order valence-electron chi connectivity index (χ1n) is 10.1. The lowest BCUT2D eigenvalue weighted by Gasteiger charge is -2.38. The Balaban J connectivity index is 1.15. The highest BCUT2D eigenvalue weighted by Gasteiger charge is 2.53. The zero-order valence-corrected chi connectivity index (χ0v) is 15.3. The first kappa shape index (κ1) is 16.6. The molecule has 4 fully saturated rings. The van der Waals surface area contributed by atoms with Gasteiger partial charge in [0, 0.05) is 52.4 Å². The average molecular weight is 335 g/mol. The smallest absolute Gasteiger partial charge is 0.317 e. The van der Waals surface area contributed by atoms with Gasteiger partial charge in [-0.15, -0.1) is 0 Å². The van der Waals surface area contributed by atoms with Crippen molar-refractivity contribution in [3.05, 3.63) is 0 Å². The molecule has 24 heavy (non-hydrogen) atoms. The number of nitrogens with zero attached hydrogens (tertiary/aromatic N) is 3. The second-order valence-electron chi connectivity index (χ2n) is 8.83. The number of carbonyl (C=O) groups excluding carboxylic acids is 1. The van der Waals surface area contributed by atoms with E-state index in [0.29, 0.717) is 5.41 Å². The molecular formula is C19H34N4O. The molecule has 0 spiro atoms. The molecule has 4 aliphatic rings. The van der Waals surface area contributed by atoms with Gasteiger partial charge in [-0.25, -0.2) is 4.79 Å². The molecule has 0 aromatic rings. The Labute approximate surface area is 146 Å². The van der Waals surface area contributed by atoms with Gasteiger partial charge in [0.2, 0.25) is 0 Å². The van der Waals surface area contributed by atoms with Crippen LogP contribution < -0.4 is 5.32 Å². The Bertz CT molecular complexity index is 444. The maximum absolute atomic E-state index is 12.4. The average Bonchev–Trinajstić information content (AvgIpc) is 3.48. The molecule has 2 aliphatic carbocycles. The summed E-state index contributed by atoms with van der Waals surface area (Å²) in [7, 11) is 2.21. The van der Waals surface area contributed by atoms with Gasteiger partial charge >= 0.3 is 6.03 Å². The summed E-state index contributed by atoms with van der Waals surface area (Å²) in [5.74, 6) is 1.70. The van der Waals surface area contributed by atoms with Crippen molar-refractivity contribution in [3.8, 4) is 0 Å². The summed E-state index contributed by atoms with van der Waals surface area (Å²) in [5.41, 5.74) is 0.509. The van der Waals surface area contributed by atoms with Crippen LogP contribution in [0.5, 0.6) is 0 Å². The number of rotatable bonds is 5. The van der Waals surface area contributed by atoms with Crippen LogP contribution in [0.2, 0.25) is 0 Å². The third-order valence-corrected chi connectivity index (χ3v) is 6.94. The van der Waals surface area contributed by atoms with E-state index in [9.17, 15) is 4.79 Å². The molecule has 0 unspecified atom stereocenters. The Hall–Kier alpha value is -0.810. The Morgan fingerprint density at radius 3 is 2.25 bits per heavy atom. The second kappa shape index (κ2) is 6.83. The highest BCUT2D eigenvalue weighted by molar-refractivity contribution is 5.74. The van der Waals surface area contributed by atoms with E-state index in [1.54, 1.807) is 0 Å². The van der Waals surface area contributed by atoms with Crippen molar-refractivity contribution >= 4 is 6.03 Å². The van der Waals surface area contributed by atoms with E-state index in [-0.39, 0.29) is 6.03 Å². The monoisotopic (exact) mass is 334 g/mol. The Morgan fingerprint density at radius 1 is 1.00 bits per heavy atom. The van der Waals surface area contributed by atoms with Gasteiger partial charge in [0.25, 0.3) is 0 Å². The highest BCUT2D eigenvalue weighted by Crippen LogP contribution is 2.60. The van der Waals surface area contributed by atoms with Gasteiger partial charge in [-0.05, 0) is 62.8 Å². The topological polar surface area (TPSA) is 38.8 Å². The summed E-state index contributed by atoms with van der Waals surface area (Å²) in [5, 5.41) is 3.25. The molecule has 0 aromatic heterocycles. The predicted molar refractivity (Wildman–Crippen MR) is 96.0 cm³/mol. The summed E-state index contributed by atoms with van der Waals surface area (Å²) >= 11 is 0. The summed E-state index contributed by atoms with van der Waals surface area (Å²) < 4.78 is 0. The van der Waals surface area contributed by atoms with Crippen molar-refractivity contribution in [2.45, 2.75) is 38.5 Å². The minimum absolute atomic E-state index is 0.194. The van der Waals surface area contributed by atoms with E-state index < -0.39 is 0 Å². The van der Waals surface area contributed by atoms with Crippen LogP contribution in [0.4, 0.5) is 4.79 Å². The second-order valence-corrected chi connectivity index (χ2v) is 8.83. The summed E-state index contributed by atoms with van der Waals surface area (Å²) in [6.07, 6.45) is 7.82. The summed E-state index contributed by atoms with van der Waals surface area (Å²) in [6, 6.07) is 0.194. The number of likely N-dealkylation sites (tertiary alicyclic amines) is 1. The summed E-state index contributed by atoms with van der Waals surface area (Å²) in [6.45, 7) is 8.86. The van der Waals surface area contributed by atoms with Gasteiger partial charge in [-0.1, -0.05) is 0 Å². The first-order chi connectivity index (χ1) is 11.6. The minimum atomic E-state index is 0.194. The van der Waals surface area contributed by atoms with Crippen LogP contribution in [0.3, 0.4) is 0 Å². The molecular weight excluding hydrogens is 300 g/mol. The van der Waals surface area contributed by atoms with Crippen LogP contribution in [0, 0.1) is 17.3 Å². The van der Waals surface area contributed by atoms with E-state index in [0.717, 1.165) is 31.5 Å². The zero-order chi connectivity index (χ0) is 16.6. The van der Waals surface area contributed by atoms with Crippen LogP contribution in [-0.2, 0) is 0 Å². The van der Waals surface area contributed by atoms with Crippen molar-refractivity contribution in [2.75, 3.05) is 59.4 Å². The third-order valence-electron chi connectivity index (χ3n) is 6.94. The van der Waals surface area contributed by atoms with Gasteiger partial charge in [0.15, 0.2) is 0 Å². The molecule has 0 bridgehead atoms. The largest absolute Gasteiger partial charge is 0.337 e. The number of hydrogen-bond acceptors (Lipinski definition) is 3. The molecule has 0 radical (unpaired) electrons. The zero-order valence-electron chi connectivity index (χ0n) is 15.3. The maximum atomic E-state index is 12.4. The van der Waals surface area contributed by atoms with E-state index >= 15 is 0 Å². The number of piperazine rings is 1. The molecule has 2 aliphatic heterocycles.